The van der Waals surface area contributed by atoms with Crippen molar-refractivity contribution in [3.63, 3.8) is 0 Å². The van der Waals surface area contributed by atoms with Crippen molar-refractivity contribution in [2.75, 3.05) is 5.32 Å². The Labute approximate surface area is 200 Å². The average molecular weight is 496 g/mol. The van der Waals surface area contributed by atoms with Crippen molar-refractivity contribution in [3.05, 3.63) is 88.9 Å². The van der Waals surface area contributed by atoms with Crippen LogP contribution in [0.4, 0.5) is 17.1 Å². The molecular formula is C24H18ClN3O5S. The molecule has 0 atom stereocenters. The molecule has 0 radical (unpaired) electrons. The van der Waals surface area contributed by atoms with Gasteiger partial charge in [-0.25, -0.2) is 0 Å². The predicted molar refractivity (Wildman–Crippen MR) is 130 cm³/mol. The second kappa shape index (κ2) is 9.22. The fraction of sp³-hybridized carbons (Fsp3) is 0.0417. The molecule has 172 valence electrons. The first-order valence-electron chi connectivity index (χ1n) is 9.95. The fourth-order valence-electron chi connectivity index (χ4n) is 3.35. The number of phenols is 1. The second-order valence-corrected chi connectivity index (χ2v) is 9.20. The number of para-hydroxylation sites is 1. The van der Waals surface area contributed by atoms with Gasteiger partial charge in [0.1, 0.15) is 16.3 Å². The lowest BCUT2D eigenvalue weighted by molar-refractivity contribution is 0.102. The van der Waals surface area contributed by atoms with E-state index in [1.54, 1.807) is 61.5 Å². The van der Waals surface area contributed by atoms with Crippen LogP contribution in [0.1, 0.15) is 15.9 Å². The number of nitrogens with zero attached hydrogens (tertiary/aromatic N) is 2. The van der Waals surface area contributed by atoms with Crippen LogP contribution in [0.15, 0.2) is 87.9 Å². The summed E-state index contributed by atoms with van der Waals surface area (Å²) < 4.78 is 33.2. The number of carbonyl (C=O) groups excluding carboxylic acids is 1. The smallest absolute Gasteiger partial charge is 0.296 e. The SMILES string of the molecule is Cc1cc(/N=N/c2c(O)c(C(=O)Nc3ccccc3)cc3ccccc23)c(S(=O)(=O)O)cc1Cl. The molecule has 0 saturated heterocycles. The van der Waals surface area contributed by atoms with Crippen LogP contribution in [0.25, 0.3) is 10.8 Å². The number of amides is 1. The average Bonchev–Trinajstić information content (AvgIpc) is 2.80. The summed E-state index contributed by atoms with van der Waals surface area (Å²) in [6.07, 6.45) is 0. The number of hydrogen-bond acceptors (Lipinski definition) is 6. The van der Waals surface area contributed by atoms with Crippen molar-refractivity contribution in [2.45, 2.75) is 11.8 Å². The summed E-state index contributed by atoms with van der Waals surface area (Å²) in [6, 6.07) is 19.6. The molecule has 4 aromatic carbocycles. The Morgan fingerprint density at radius 2 is 1.65 bits per heavy atom. The number of halogens is 1. The van der Waals surface area contributed by atoms with Gasteiger partial charge in [-0.3, -0.25) is 9.35 Å². The molecule has 1 amide bonds. The standard InChI is InChI=1S/C24H18ClN3O5S/c1-14-11-20(21(13-19(14)25)34(31,32)33)27-28-22-17-10-6-5-7-15(17)12-18(23(22)29)24(30)26-16-8-3-2-4-9-16/h2-13,29H,1H3,(H,26,30)(H,31,32,33)/b28-27+. The zero-order valence-electron chi connectivity index (χ0n) is 17.7. The lowest BCUT2D eigenvalue weighted by Crippen LogP contribution is -2.12. The van der Waals surface area contributed by atoms with E-state index in [2.05, 4.69) is 15.5 Å². The highest BCUT2D eigenvalue weighted by atomic mass is 35.5. The van der Waals surface area contributed by atoms with Crippen molar-refractivity contribution < 1.29 is 22.9 Å². The minimum atomic E-state index is -4.65. The summed E-state index contributed by atoms with van der Waals surface area (Å²) in [4.78, 5) is 12.4. The molecule has 10 heteroatoms. The summed E-state index contributed by atoms with van der Waals surface area (Å²) in [5.41, 5.74) is 0.793. The summed E-state index contributed by atoms with van der Waals surface area (Å²) in [7, 11) is -4.65. The van der Waals surface area contributed by atoms with Crippen LogP contribution in [-0.2, 0) is 10.1 Å². The predicted octanol–water partition coefficient (Wildman–Crippen LogP) is 6.42. The summed E-state index contributed by atoms with van der Waals surface area (Å²) >= 11 is 6.00. The first-order chi connectivity index (χ1) is 16.1. The molecule has 0 aliphatic carbocycles. The topological polar surface area (TPSA) is 128 Å². The molecule has 0 fully saturated rings. The van der Waals surface area contributed by atoms with Gasteiger partial charge in [0.05, 0.1) is 5.56 Å². The minimum absolute atomic E-state index is 0.0368. The van der Waals surface area contributed by atoms with E-state index in [0.717, 1.165) is 6.07 Å². The molecule has 0 aliphatic heterocycles. The van der Waals surface area contributed by atoms with E-state index >= 15 is 0 Å². The Kier molecular flexibility index (Phi) is 6.34. The minimum Gasteiger partial charge on any atom is -0.505 e. The zero-order chi connectivity index (χ0) is 24.5. The molecule has 4 rings (SSSR count). The van der Waals surface area contributed by atoms with E-state index in [9.17, 15) is 22.9 Å². The molecule has 0 aliphatic rings. The number of rotatable bonds is 5. The molecule has 34 heavy (non-hydrogen) atoms. The third kappa shape index (κ3) is 4.76. The number of aryl methyl sites for hydroxylation is 1. The first kappa shape index (κ1) is 23.4. The maximum Gasteiger partial charge on any atom is 0.296 e. The van der Waals surface area contributed by atoms with Gasteiger partial charge in [-0.15, -0.1) is 10.2 Å². The monoisotopic (exact) mass is 495 g/mol. The maximum atomic E-state index is 12.9. The lowest BCUT2D eigenvalue weighted by Gasteiger charge is -2.11. The van der Waals surface area contributed by atoms with Gasteiger partial charge in [-0.1, -0.05) is 54.1 Å². The van der Waals surface area contributed by atoms with Crippen LogP contribution in [0.5, 0.6) is 5.75 Å². The molecular weight excluding hydrogens is 478 g/mol. The third-order valence-electron chi connectivity index (χ3n) is 5.05. The Bertz CT molecular complexity index is 1550. The summed E-state index contributed by atoms with van der Waals surface area (Å²) in [6.45, 7) is 1.64. The van der Waals surface area contributed by atoms with Gasteiger partial charge >= 0.3 is 0 Å². The number of benzene rings is 4. The van der Waals surface area contributed by atoms with Gasteiger partial charge in [0, 0.05) is 16.1 Å². The van der Waals surface area contributed by atoms with Gasteiger partial charge in [-0.2, -0.15) is 8.42 Å². The highest BCUT2D eigenvalue weighted by Crippen LogP contribution is 2.40. The van der Waals surface area contributed by atoms with Crippen LogP contribution in [0, 0.1) is 6.92 Å². The van der Waals surface area contributed by atoms with E-state index in [4.69, 9.17) is 11.6 Å². The van der Waals surface area contributed by atoms with Gasteiger partial charge in [0.2, 0.25) is 0 Å². The largest absolute Gasteiger partial charge is 0.505 e. The Morgan fingerprint density at radius 1 is 0.971 bits per heavy atom. The molecule has 4 aromatic rings. The van der Waals surface area contributed by atoms with Gasteiger partial charge in [0.15, 0.2) is 5.75 Å². The maximum absolute atomic E-state index is 12.9. The second-order valence-electron chi connectivity index (χ2n) is 7.41. The van der Waals surface area contributed by atoms with Crippen molar-refractivity contribution in [1.82, 2.24) is 0 Å². The molecule has 0 bridgehead atoms. The first-order valence-corrected chi connectivity index (χ1v) is 11.8. The van der Waals surface area contributed by atoms with E-state index in [1.807, 2.05) is 0 Å². The highest BCUT2D eigenvalue weighted by Gasteiger charge is 2.20. The van der Waals surface area contributed by atoms with E-state index < -0.39 is 26.7 Å². The van der Waals surface area contributed by atoms with Crippen LogP contribution < -0.4 is 5.32 Å². The molecule has 0 spiro atoms. The van der Waals surface area contributed by atoms with Crippen LogP contribution in [0.2, 0.25) is 5.02 Å². The van der Waals surface area contributed by atoms with Gasteiger partial charge < -0.3 is 10.4 Å². The molecule has 3 N–H and O–H groups in total. The number of hydrogen-bond donors (Lipinski definition) is 3. The number of nitrogens with one attached hydrogen (secondary N) is 1. The van der Waals surface area contributed by atoms with Crippen LogP contribution >= 0.6 is 11.6 Å². The van der Waals surface area contributed by atoms with E-state index in [0.29, 0.717) is 22.0 Å². The summed E-state index contributed by atoms with van der Waals surface area (Å²) in [5.74, 6) is -0.998. The molecule has 0 aromatic heterocycles. The van der Waals surface area contributed by atoms with Crippen molar-refractivity contribution in [1.29, 1.82) is 0 Å². The van der Waals surface area contributed by atoms with Gasteiger partial charge in [-0.05, 0) is 48.2 Å². The third-order valence-corrected chi connectivity index (χ3v) is 6.34. The fourth-order valence-corrected chi connectivity index (χ4v) is 4.21. The Morgan fingerprint density at radius 3 is 2.35 bits per heavy atom. The number of anilines is 1. The normalized spacial score (nSPS) is 11.7. The number of aromatic hydroxyl groups is 1. The molecule has 0 saturated carbocycles. The highest BCUT2D eigenvalue weighted by molar-refractivity contribution is 7.86. The van der Waals surface area contributed by atoms with E-state index in [-0.39, 0.29) is 22.0 Å². The van der Waals surface area contributed by atoms with Crippen molar-refractivity contribution in [2.24, 2.45) is 10.2 Å². The van der Waals surface area contributed by atoms with Crippen LogP contribution in [-0.4, -0.2) is 24.0 Å². The zero-order valence-corrected chi connectivity index (χ0v) is 19.3. The lowest BCUT2D eigenvalue weighted by atomic mass is 10.0. The molecule has 0 heterocycles. The van der Waals surface area contributed by atoms with Crippen molar-refractivity contribution in [3.8, 4) is 5.75 Å². The van der Waals surface area contributed by atoms with Crippen molar-refractivity contribution >= 4 is 55.5 Å². The number of phenolic OH excluding ortho intramolecular Hbond substituents is 1. The van der Waals surface area contributed by atoms with Gasteiger partial charge in [0.25, 0.3) is 16.0 Å². The quantitative estimate of drug-likeness (QED) is 0.217. The number of azo groups is 1. The van der Waals surface area contributed by atoms with Crippen LogP contribution in [0.3, 0.4) is 0 Å². The number of fused-ring (bicyclic) bond motifs is 1. The Hall–Kier alpha value is -3.79. The molecule has 8 nitrogen and oxygen atoms in total. The van der Waals surface area contributed by atoms with E-state index in [1.165, 1.54) is 12.1 Å². The number of carbonyl (C=O) groups is 1. The summed E-state index contributed by atoms with van der Waals surface area (Å²) in [5, 5.41) is 22.9. The molecule has 0 unspecified atom stereocenters. The Balaban J connectivity index is 1.85.